The fourth-order valence-electron chi connectivity index (χ4n) is 5.56. The molecular weight excluding hydrogens is 628 g/mol. The number of rotatable bonds is 10. The minimum atomic E-state index is -2.05. The minimum absolute atomic E-state index is 0.369. The van der Waals surface area contributed by atoms with Crippen molar-refractivity contribution in [3.05, 3.63) is 182 Å². The molecule has 206 valence electrons. The van der Waals surface area contributed by atoms with Crippen molar-refractivity contribution in [2.75, 3.05) is 6.16 Å². The summed E-state index contributed by atoms with van der Waals surface area (Å²) in [6, 6.07) is 67.6. The van der Waals surface area contributed by atoms with Gasteiger partial charge in [-0.3, -0.25) is 0 Å². The van der Waals surface area contributed by atoms with Crippen LogP contribution >= 0.6 is 21.4 Å². The molecule has 4 heteroatoms. The summed E-state index contributed by atoms with van der Waals surface area (Å²) in [6.07, 6.45) is 1.09. The Morgan fingerprint density at radius 1 is 0.405 bits per heavy atom. The van der Waals surface area contributed by atoms with Crippen LogP contribution < -0.4 is 31.8 Å². The number of benzene rings is 6. The van der Waals surface area contributed by atoms with E-state index in [9.17, 15) is 0 Å². The molecule has 1 atom stereocenters. The third-order valence-electron chi connectivity index (χ3n) is 7.55. The molecule has 6 aromatic rings. The van der Waals surface area contributed by atoms with Gasteiger partial charge in [0, 0.05) is 0 Å². The average molecular weight is 662 g/mol. The van der Waals surface area contributed by atoms with E-state index in [2.05, 4.69) is 197 Å². The van der Waals surface area contributed by atoms with Crippen molar-refractivity contribution < 1.29 is 0 Å². The molecule has 42 heavy (non-hydrogen) atoms. The van der Waals surface area contributed by atoms with Gasteiger partial charge in [0.25, 0.3) is 0 Å². The Morgan fingerprint density at radius 3 is 1.02 bits per heavy atom. The van der Waals surface area contributed by atoms with Crippen LogP contribution in [0.5, 0.6) is 0 Å². The van der Waals surface area contributed by atoms with Crippen LogP contribution in [0.15, 0.2) is 182 Å². The summed E-state index contributed by atoms with van der Waals surface area (Å²) >= 11 is 3.99. The summed E-state index contributed by atoms with van der Waals surface area (Å²) in [5.74, 6) is 0. The molecule has 0 saturated carbocycles. The number of hydrogen-bond acceptors (Lipinski definition) is 0. The first-order chi connectivity index (χ1) is 20.7. The van der Waals surface area contributed by atoms with Gasteiger partial charge >= 0.3 is 262 Å². The topological polar surface area (TPSA) is 0 Å². The fourth-order valence-corrected chi connectivity index (χ4v) is 21.9. The van der Waals surface area contributed by atoms with Crippen LogP contribution in [0, 0.1) is 0 Å². The van der Waals surface area contributed by atoms with Crippen LogP contribution in [-0.2, 0) is 0 Å². The van der Waals surface area contributed by atoms with Crippen LogP contribution in [0.4, 0.5) is 0 Å². The van der Waals surface area contributed by atoms with Crippen molar-refractivity contribution in [3.8, 4) is 0 Å². The van der Waals surface area contributed by atoms with E-state index in [1.54, 1.807) is 0 Å². The van der Waals surface area contributed by atoms with Crippen molar-refractivity contribution in [2.45, 2.75) is 5.40 Å². The summed E-state index contributed by atoms with van der Waals surface area (Å²) in [7, 11) is -1.35. The molecule has 0 fully saturated rings. The van der Waals surface area contributed by atoms with E-state index in [-0.39, 0.29) is 0 Å². The molecule has 0 aliphatic heterocycles. The normalized spacial score (nSPS) is 12.3. The molecule has 0 bridgehead atoms. The van der Waals surface area contributed by atoms with Gasteiger partial charge < -0.3 is 0 Å². The first-order valence-electron chi connectivity index (χ1n) is 14.2. The van der Waals surface area contributed by atoms with Gasteiger partial charge in [-0.2, -0.15) is 0 Å². The van der Waals surface area contributed by atoms with Gasteiger partial charge in [-0.1, -0.05) is 0 Å². The predicted octanol–water partition coefficient (Wildman–Crippen LogP) is 7.33. The first-order valence-corrected chi connectivity index (χ1v) is 21.2. The second kappa shape index (κ2) is 14.1. The SMILES string of the molecule is [Se]=P(c1ccccc1)(c1ccccc1)C(CP(c1ccccc1)c1ccccc1)P(c1ccccc1)c1ccccc1. The summed E-state index contributed by atoms with van der Waals surface area (Å²) in [5.41, 5.74) is -2.05. The zero-order valence-electron chi connectivity index (χ0n) is 23.4. The van der Waals surface area contributed by atoms with Gasteiger partial charge in [0.1, 0.15) is 0 Å². The Morgan fingerprint density at radius 2 is 0.690 bits per heavy atom. The summed E-state index contributed by atoms with van der Waals surface area (Å²) in [5, 5.41) is 8.97. The molecule has 0 saturated heterocycles. The molecule has 6 rings (SSSR count). The molecule has 0 aliphatic carbocycles. The van der Waals surface area contributed by atoms with Crippen LogP contribution in [-0.4, -0.2) is 26.7 Å². The van der Waals surface area contributed by atoms with E-state index in [4.69, 9.17) is 0 Å². The van der Waals surface area contributed by atoms with Gasteiger partial charge in [0.2, 0.25) is 0 Å². The Balaban J connectivity index is 1.64. The van der Waals surface area contributed by atoms with E-state index in [0.717, 1.165) is 6.16 Å². The fraction of sp³-hybridized carbons (Fsp3) is 0.0526. The van der Waals surface area contributed by atoms with Gasteiger partial charge in [0.05, 0.1) is 0 Å². The van der Waals surface area contributed by atoms with Crippen molar-refractivity contribution >= 4 is 68.3 Å². The Kier molecular flexibility index (Phi) is 9.78. The zero-order chi connectivity index (χ0) is 28.6. The maximum absolute atomic E-state index is 3.99. The van der Waals surface area contributed by atoms with E-state index in [1.165, 1.54) is 31.8 Å². The Bertz CT molecular complexity index is 1590. The molecule has 0 N–H and O–H groups in total. The van der Waals surface area contributed by atoms with Crippen LogP contribution in [0.1, 0.15) is 0 Å². The standard InChI is InChI=1S/C38H33P3Se/c42-41(36-27-15-5-16-28-36,37-29-17-6-18-30-37)38(40(34-23-11-3-12-24-34)35-25-13-4-14-26-35)31-39(32-19-7-1-8-20-32)33-21-9-2-10-22-33/h1-30,38H,31H2. The summed E-state index contributed by atoms with van der Waals surface area (Å²) in [4.78, 5) is 0. The van der Waals surface area contributed by atoms with Crippen LogP contribution in [0.3, 0.4) is 0 Å². The summed E-state index contributed by atoms with van der Waals surface area (Å²) in [6.45, 7) is 0. The molecular formula is C38H33P3Se. The second-order valence-electron chi connectivity index (χ2n) is 10.1. The van der Waals surface area contributed by atoms with Crippen LogP contribution in [0.25, 0.3) is 0 Å². The van der Waals surface area contributed by atoms with Gasteiger partial charge in [-0.15, -0.1) is 0 Å². The van der Waals surface area contributed by atoms with E-state index >= 15 is 0 Å². The van der Waals surface area contributed by atoms with E-state index in [0.29, 0.717) is 5.40 Å². The van der Waals surface area contributed by atoms with Crippen molar-refractivity contribution in [1.82, 2.24) is 0 Å². The maximum atomic E-state index is 3.99. The molecule has 0 aliphatic rings. The van der Waals surface area contributed by atoms with Gasteiger partial charge in [-0.05, 0) is 0 Å². The predicted molar refractivity (Wildman–Crippen MR) is 192 cm³/mol. The first kappa shape index (κ1) is 29.2. The summed E-state index contributed by atoms with van der Waals surface area (Å²) < 4.78 is 0. The van der Waals surface area contributed by atoms with Gasteiger partial charge in [0.15, 0.2) is 0 Å². The second-order valence-corrected chi connectivity index (χ2v) is 21.8. The van der Waals surface area contributed by atoms with Crippen molar-refractivity contribution in [2.24, 2.45) is 0 Å². The molecule has 6 aromatic carbocycles. The van der Waals surface area contributed by atoms with Crippen LogP contribution in [0.2, 0.25) is 0 Å². The number of hydrogen-bond donors (Lipinski definition) is 0. The molecule has 0 heterocycles. The molecule has 0 spiro atoms. The van der Waals surface area contributed by atoms with E-state index in [1.807, 2.05) is 0 Å². The average Bonchev–Trinajstić information content (AvgIpc) is 3.08. The third kappa shape index (κ3) is 6.38. The molecule has 0 radical (unpaired) electrons. The van der Waals surface area contributed by atoms with E-state index < -0.39 is 21.4 Å². The molecule has 0 amide bonds. The van der Waals surface area contributed by atoms with Gasteiger partial charge in [-0.25, -0.2) is 0 Å². The monoisotopic (exact) mass is 662 g/mol. The molecule has 0 aromatic heterocycles. The van der Waals surface area contributed by atoms with Crippen molar-refractivity contribution in [1.29, 1.82) is 0 Å². The zero-order valence-corrected chi connectivity index (χ0v) is 27.8. The molecule has 0 nitrogen and oxygen atoms in total. The molecule has 1 unspecified atom stereocenters. The quantitative estimate of drug-likeness (QED) is 0.107. The van der Waals surface area contributed by atoms with Crippen molar-refractivity contribution in [3.63, 3.8) is 0 Å². The third-order valence-corrected chi connectivity index (χ3v) is 23.4. The Hall–Kier alpha value is -2.87. The Labute approximate surface area is 260 Å².